The lowest BCUT2D eigenvalue weighted by Crippen LogP contribution is -2.30. The van der Waals surface area contributed by atoms with Crippen LogP contribution < -0.4 is 5.32 Å². The highest BCUT2D eigenvalue weighted by Gasteiger charge is 2.19. The summed E-state index contributed by atoms with van der Waals surface area (Å²) < 4.78 is 4.94. The van der Waals surface area contributed by atoms with E-state index in [-0.39, 0.29) is 20.6 Å². The molecule has 0 aliphatic rings. The summed E-state index contributed by atoms with van der Waals surface area (Å²) in [5, 5.41) is 2.99. The fourth-order valence-electron chi connectivity index (χ4n) is 2.13. The molecule has 0 heterocycles. The molecule has 2 aromatic carbocycles. The summed E-state index contributed by atoms with van der Waals surface area (Å²) in [5.74, 6) is -1.19. The molecular formula is C18H16Cl3NO3. The Hall–Kier alpha value is -1.75. The zero-order valence-electron chi connectivity index (χ0n) is 13.2. The van der Waals surface area contributed by atoms with Gasteiger partial charge in [0.05, 0.1) is 20.6 Å². The lowest BCUT2D eigenvalue weighted by molar-refractivity contribution is -0.124. The molecule has 2 rings (SSSR count). The van der Waals surface area contributed by atoms with Crippen LogP contribution in [-0.4, -0.2) is 25.0 Å². The van der Waals surface area contributed by atoms with E-state index in [2.05, 4.69) is 5.32 Å². The van der Waals surface area contributed by atoms with Crippen LogP contribution in [0.25, 0.3) is 0 Å². The lowest BCUT2D eigenvalue weighted by atomic mass is 10.1. The predicted octanol–water partition coefficient (Wildman–Crippen LogP) is 4.55. The average molecular weight is 401 g/mol. The van der Waals surface area contributed by atoms with Gasteiger partial charge >= 0.3 is 5.97 Å². The minimum absolute atomic E-state index is 0.00226. The second kappa shape index (κ2) is 9.66. The molecule has 0 aromatic heterocycles. The highest BCUT2D eigenvalue weighted by atomic mass is 35.5. The van der Waals surface area contributed by atoms with E-state index < -0.39 is 18.5 Å². The molecule has 0 unspecified atom stereocenters. The summed E-state index contributed by atoms with van der Waals surface area (Å²) in [6.45, 7) is 0.0767. The molecule has 0 bridgehead atoms. The maximum atomic E-state index is 12.0. The maximum Gasteiger partial charge on any atom is 0.341 e. The molecule has 0 saturated heterocycles. The van der Waals surface area contributed by atoms with Crippen molar-refractivity contribution in [3.63, 3.8) is 0 Å². The van der Waals surface area contributed by atoms with Crippen LogP contribution >= 0.6 is 34.8 Å². The normalized spacial score (nSPS) is 10.4. The topological polar surface area (TPSA) is 55.4 Å². The number of carbonyl (C=O) groups is 2. The van der Waals surface area contributed by atoms with Crippen LogP contribution in [0.4, 0.5) is 0 Å². The number of aryl methyl sites for hydroxylation is 1. The van der Waals surface area contributed by atoms with Gasteiger partial charge in [0, 0.05) is 6.54 Å². The molecule has 132 valence electrons. The van der Waals surface area contributed by atoms with E-state index in [1.54, 1.807) is 0 Å². The molecule has 0 aliphatic heterocycles. The first-order chi connectivity index (χ1) is 12.0. The summed E-state index contributed by atoms with van der Waals surface area (Å²) in [6, 6.07) is 12.9. The summed E-state index contributed by atoms with van der Waals surface area (Å²) >= 11 is 17.7. The van der Waals surface area contributed by atoms with Crippen molar-refractivity contribution >= 4 is 46.7 Å². The SMILES string of the molecule is O=C(COC(=O)c1c(Cl)ccc(Cl)c1Cl)NCCCc1ccccc1. The van der Waals surface area contributed by atoms with Gasteiger partial charge in [0.15, 0.2) is 6.61 Å². The second-order valence-electron chi connectivity index (χ2n) is 5.23. The maximum absolute atomic E-state index is 12.0. The number of halogens is 3. The van der Waals surface area contributed by atoms with Crippen LogP contribution in [0.15, 0.2) is 42.5 Å². The zero-order valence-corrected chi connectivity index (χ0v) is 15.5. The fraction of sp³-hybridized carbons (Fsp3) is 0.222. The number of carbonyl (C=O) groups excluding carboxylic acids is 2. The van der Waals surface area contributed by atoms with Gasteiger partial charge in [-0.05, 0) is 30.5 Å². The van der Waals surface area contributed by atoms with Gasteiger partial charge in [0.25, 0.3) is 5.91 Å². The summed E-state index contributed by atoms with van der Waals surface area (Å²) in [4.78, 5) is 23.8. The van der Waals surface area contributed by atoms with Crippen LogP contribution in [0.2, 0.25) is 15.1 Å². The van der Waals surface area contributed by atoms with Crippen molar-refractivity contribution in [2.45, 2.75) is 12.8 Å². The molecule has 0 spiro atoms. The fourth-order valence-corrected chi connectivity index (χ4v) is 2.82. The molecule has 0 atom stereocenters. The third-order valence-electron chi connectivity index (χ3n) is 3.39. The van der Waals surface area contributed by atoms with Gasteiger partial charge in [-0.15, -0.1) is 0 Å². The Kier molecular flexibility index (Phi) is 7.56. The molecule has 0 aliphatic carbocycles. The summed E-state index contributed by atoms with van der Waals surface area (Å²) in [7, 11) is 0. The first-order valence-corrected chi connectivity index (χ1v) is 8.73. The monoisotopic (exact) mass is 399 g/mol. The van der Waals surface area contributed by atoms with Gasteiger partial charge in [-0.2, -0.15) is 0 Å². The van der Waals surface area contributed by atoms with E-state index in [0.717, 1.165) is 12.8 Å². The predicted molar refractivity (Wildman–Crippen MR) is 99.5 cm³/mol. The van der Waals surface area contributed by atoms with Crippen molar-refractivity contribution in [1.82, 2.24) is 5.32 Å². The van der Waals surface area contributed by atoms with Crippen molar-refractivity contribution in [2.24, 2.45) is 0 Å². The van der Waals surface area contributed by atoms with E-state index in [9.17, 15) is 9.59 Å². The highest BCUT2D eigenvalue weighted by Crippen LogP contribution is 2.31. The van der Waals surface area contributed by atoms with Crippen molar-refractivity contribution in [3.8, 4) is 0 Å². The molecule has 1 amide bonds. The Bertz CT molecular complexity index is 751. The number of hydrogen-bond acceptors (Lipinski definition) is 3. The van der Waals surface area contributed by atoms with Gasteiger partial charge < -0.3 is 10.1 Å². The molecule has 25 heavy (non-hydrogen) atoms. The Morgan fingerprint density at radius 3 is 2.36 bits per heavy atom. The first-order valence-electron chi connectivity index (χ1n) is 7.60. The Balaban J connectivity index is 1.75. The van der Waals surface area contributed by atoms with E-state index in [1.165, 1.54) is 17.7 Å². The Morgan fingerprint density at radius 2 is 1.64 bits per heavy atom. The molecular weight excluding hydrogens is 385 g/mol. The van der Waals surface area contributed by atoms with Crippen molar-refractivity contribution in [3.05, 3.63) is 68.7 Å². The van der Waals surface area contributed by atoms with E-state index in [0.29, 0.717) is 6.54 Å². The molecule has 4 nitrogen and oxygen atoms in total. The van der Waals surface area contributed by atoms with E-state index in [1.807, 2.05) is 30.3 Å². The zero-order chi connectivity index (χ0) is 18.2. The molecule has 0 saturated carbocycles. The number of nitrogens with one attached hydrogen (secondary N) is 1. The van der Waals surface area contributed by atoms with Crippen LogP contribution in [0.1, 0.15) is 22.3 Å². The lowest BCUT2D eigenvalue weighted by Gasteiger charge is -2.09. The van der Waals surface area contributed by atoms with Crippen LogP contribution in [0.5, 0.6) is 0 Å². The molecule has 1 N–H and O–H groups in total. The van der Waals surface area contributed by atoms with Crippen molar-refractivity contribution in [1.29, 1.82) is 0 Å². The number of ether oxygens (including phenoxy) is 1. The number of amides is 1. The van der Waals surface area contributed by atoms with Crippen molar-refractivity contribution < 1.29 is 14.3 Å². The van der Waals surface area contributed by atoms with Gasteiger partial charge in [0.1, 0.15) is 0 Å². The number of benzene rings is 2. The highest BCUT2D eigenvalue weighted by molar-refractivity contribution is 6.46. The van der Waals surface area contributed by atoms with Crippen LogP contribution in [0.3, 0.4) is 0 Å². The first kappa shape index (κ1) is 19.6. The van der Waals surface area contributed by atoms with Gasteiger partial charge in [-0.25, -0.2) is 4.79 Å². The average Bonchev–Trinajstić information content (AvgIpc) is 2.61. The third kappa shape index (κ3) is 5.92. The van der Waals surface area contributed by atoms with Gasteiger partial charge in [-0.1, -0.05) is 65.1 Å². The quantitative estimate of drug-likeness (QED) is 0.421. The molecule has 0 radical (unpaired) electrons. The molecule has 0 fully saturated rings. The minimum Gasteiger partial charge on any atom is -0.452 e. The third-order valence-corrected chi connectivity index (χ3v) is 4.51. The smallest absolute Gasteiger partial charge is 0.341 e. The number of hydrogen-bond donors (Lipinski definition) is 1. The van der Waals surface area contributed by atoms with E-state index >= 15 is 0 Å². The molecule has 7 heteroatoms. The van der Waals surface area contributed by atoms with Gasteiger partial charge in [0.2, 0.25) is 0 Å². The minimum atomic E-state index is -0.795. The Labute approximate surface area is 161 Å². The molecule has 2 aromatic rings. The largest absolute Gasteiger partial charge is 0.452 e. The van der Waals surface area contributed by atoms with Crippen LogP contribution in [0, 0.1) is 0 Å². The second-order valence-corrected chi connectivity index (χ2v) is 6.43. The number of esters is 1. The van der Waals surface area contributed by atoms with Crippen LogP contribution in [-0.2, 0) is 16.0 Å². The standard InChI is InChI=1S/C18H16Cl3NO3/c19-13-8-9-14(20)17(21)16(13)18(24)25-11-15(23)22-10-4-7-12-5-2-1-3-6-12/h1-3,5-6,8-9H,4,7,10-11H2,(H,22,23). The van der Waals surface area contributed by atoms with Gasteiger partial charge in [-0.3, -0.25) is 4.79 Å². The Morgan fingerprint density at radius 1 is 0.960 bits per heavy atom. The van der Waals surface area contributed by atoms with E-state index in [4.69, 9.17) is 39.5 Å². The number of rotatable bonds is 7. The summed E-state index contributed by atoms with van der Waals surface area (Å²) in [6.07, 6.45) is 1.64. The van der Waals surface area contributed by atoms with Crippen molar-refractivity contribution in [2.75, 3.05) is 13.2 Å². The summed E-state index contributed by atoms with van der Waals surface area (Å²) in [5.41, 5.74) is 1.15.